The zero-order valence-corrected chi connectivity index (χ0v) is 26.0. The number of pyridine rings is 2. The molecule has 3 heterocycles. The molecule has 0 bridgehead atoms. The number of nitrogens with zero attached hydrogens (tertiary/aromatic N) is 4. The second-order valence-corrected chi connectivity index (χ2v) is 10.7. The Balaban J connectivity index is 0.000000930. The molecule has 1 unspecified atom stereocenters. The summed E-state index contributed by atoms with van der Waals surface area (Å²) in [6, 6.07) is 7.26. The van der Waals surface area contributed by atoms with E-state index in [-0.39, 0.29) is 12.1 Å². The number of hydrogen-bond donors (Lipinski definition) is 3. The first-order valence-corrected chi connectivity index (χ1v) is 14.6. The van der Waals surface area contributed by atoms with Crippen molar-refractivity contribution in [3.05, 3.63) is 63.5 Å². The van der Waals surface area contributed by atoms with Gasteiger partial charge in [0.25, 0.3) is 11.5 Å². The molecule has 1 aliphatic heterocycles. The number of likely N-dealkylation sites (N-methyl/N-ethyl adjacent to an activating group) is 1. The van der Waals surface area contributed by atoms with E-state index in [1.807, 2.05) is 31.3 Å². The van der Waals surface area contributed by atoms with Crippen LogP contribution in [0.1, 0.15) is 90.6 Å². The lowest BCUT2D eigenvalue weighted by atomic mass is 9.96. The van der Waals surface area contributed by atoms with Crippen LogP contribution in [-0.2, 0) is 24.2 Å². The van der Waals surface area contributed by atoms with Gasteiger partial charge in [-0.15, -0.1) is 0 Å². The number of hydrazine groups is 1. The number of piperidine rings is 1. The van der Waals surface area contributed by atoms with Gasteiger partial charge in [0.15, 0.2) is 0 Å². The molecule has 10 heteroatoms. The Hall–Kier alpha value is -3.40. The summed E-state index contributed by atoms with van der Waals surface area (Å²) in [4.78, 5) is 28.3. The number of carbonyl (C=O) groups is 1. The lowest BCUT2D eigenvalue weighted by Gasteiger charge is -2.37. The van der Waals surface area contributed by atoms with Gasteiger partial charge >= 0.3 is 0 Å². The van der Waals surface area contributed by atoms with Crippen molar-refractivity contribution in [2.75, 3.05) is 25.0 Å². The van der Waals surface area contributed by atoms with Gasteiger partial charge in [0.05, 0.1) is 41.6 Å². The van der Waals surface area contributed by atoms with Crippen LogP contribution in [-0.4, -0.2) is 51.4 Å². The maximum Gasteiger partial charge on any atom is 0.300 e. The van der Waals surface area contributed by atoms with E-state index < -0.39 is 11.6 Å². The van der Waals surface area contributed by atoms with E-state index in [4.69, 9.17) is 26.5 Å². The van der Waals surface area contributed by atoms with Crippen molar-refractivity contribution in [1.29, 1.82) is 0 Å². The van der Waals surface area contributed by atoms with Crippen molar-refractivity contribution >= 4 is 17.4 Å². The number of allylic oxidation sites excluding steroid dienone is 1. The van der Waals surface area contributed by atoms with Crippen molar-refractivity contribution in [1.82, 2.24) is 14.6 Å². The van der Waals surface area contributed by atoms with E-state index in [1.54, 1.807) is 24.6 Å². The molecule has 0 aromatic carbocycles. The average Bonchev–Trinajstić information content (AvgIpc) is 2.91. The fraction of sp³-hybridized carbons (Fsp3) is 0.581. The van der Waals surface area contributed by atoms with Gasteiger partial charge < -0.3 is 25.3 Å². The molecule has 230 valence electrons. The molecular weight excluding hydrogens is 523 g/mol. The van der Waals surface area contributed by atoms with Gasteiger partial charge in [-0.1, -0.05) is 53.0 Å². The number of alkyl halides is 1. The lowest BCUT2D eigenvalue weighted by molar-refractivity contribution is -0.134. The van der Waals surface area contributed by atoms with E-state index >= 15 is 0 Å². The summed E-state index contributed by atoms with van der Waals surface area (Å²) in [5.74, 6) is 5.29. The van der Waals surface area contributed by atoms with Crippen molar-refractivity contribution in [2.45, 2.75) is 98.7 Å². The van der Waals surface area contributed by atoms with E-state index in [0.29, 0.717) is 36.5 Å². The van der Waals surface area contributed by atoms with Gasteiger partial charge in [-0.2, -0.15) is 0 Å². The van der Waals surface area contributed by atoms with Crippen molar-refractivity contribution < 1.29 is 14.3 Å². The molecule has 0 aliphatic carbocycles. The minimum absolute atomic E-state index is 0.112. The van der Waals surface area contributed by atoms with Gasteiger partial charge in [-0.3, -0.25) is 9.59 Å². The molecule has 5 N–H and O–H groups in total. The molecule has 0 saturated carbocycles. The van der Waals surface area contributed by atoms with E-state index in [9.17, 15) is 9.18 Å². The van der Waals surface area contributed by atoms with Crippen LogP contribution in [0.2, 0.25) is 0 Å². The minimum Gasteiger partial charge on any atom is -0.481 e. The number of carboxylic acid groups (broad SMARTS) is 1. The molecular formula is C31H51FN6O3. The number of anilines is 1. The average molecular weight is 575 g/mol. The number of nitrogens with two attached hydrogens (primary N) is 2. The van der Waals surface area contributed by atoms with Crippen LogP contribution in [0.4, 0.5) is 10.1 Å². The third-order valence-corrected chi connectivity index (χ3v) is 6.69. The minimum atomic E-state index is -1.20. The molecule has 1 saturated heterocycles. The zero-order valence-electron chi connectivity index (χ0n) is 26.0. The Labute approximate surface area is 245 Å². The predicted octanol–water partition coefficient (Wildman–Crippen LogP) is 5.12. The topological polar surface area (TPSA) is 131 Å². The maximum absolute atomic E-state index is 14.6. The Morgan fingerprint density at radius 2 is 1.78 bits per heavy atom. The fourth-order valence-electron chi connectivity index (χ4n) is 4.43. The summed E-state index contributed by atoms with van der Waals surface area (Å²) < 4.78 is 16.3. The van der Waals surface area contributed by atoms with E-state index in [1.165, 1.54) is 17.9 Å². The number of rotatable bonds is 9. The predicted molar refractivity (Wildman–Crippen MR) is 166 cm³/mol. The Morgan fingerprint density at radius 3 is 2.29 bits per heavy atom. The second-order valence-electron chi connectivity index (χ2n) is 10.7. The number of carboxylic acids is 1. The highest BCUT2D eigenvalue weighted by Crippen LogP contribution is 2.31. The largest absolute Gasteiger partial charge is 0.481 e. The Bertz CT molecular complexity index is 1190. The van der Waals surface area contributed by atoms with E-state index in [0.717, 1.165) is 49.7 Å². The summed E-state index contributed by atoms with van der Waals surface area (Å²) in [5, 5.41) is 8.86. The number of aryl methyl sites for hydroxylation is 2. The molecule has 1 fully saturated rings. The number of aliphatic carboxylic acids is 1. The van der Waals surface area contributed by atoms with Gasteiger partial charge in [-0.05, 0) is 50.3 Å². The highest BCUT2D eigenvalue weighted by Gasteiger charge is 2.31. The molecule has 2 aromatic heterocycles. The van der Waals surface area contributed by atoms with Gasteiger partial charge in [0.2, 0.25) is 0 Å². The van der Waals surface area contributed by atoms with E-state index in [2.05, 4.69) is 25.7 Å². The summed E-state index contributed by atoms with van der Waals surface area (Å²) >= 11 is 0. The number of unbranched alkanes of at least 4 members (excludes halogenated alkanes) is 1. The smallest absolute Gasteiger partial charge is 0.300 e. The standard InChI is InChI=1S/C25H37FN6O.C4H10.C2H4O2/c1-5-8-18-9-12-23(33)32(15-18)16-22(30(4)28)24(27)20-10-11-21(19(6-2)29-20)31-14-7-13-25(3,26)17-31;1-3-4-2;1-2(3)4/h9-12,15H,5-8,13-14,16-17,27-28H2,1-4H3;3-4H2,1-2H3;1H3,(H,3,4)/b24-22-;;. The molecule has 3 rings (SSSR count). The summed E-state index contributed by atoms with van der Waals surface area (Å²) in [6.07, 6.45) is 8.48. The molecule has 9 nitrogen and oxygen atoms in total. The second kappa shape index (κ2) is 17.4. The highest BCUT2D eigenvalue weighted by molar-refractivity contribution is 5.65. The van der Waals surface area contributed by atoms with Gasteiger partial charge in [0.1, 0.15) is 5.67 Å². The van der Waals surface area contributed by atoms with Crippen LogP contribution in [0.3, 0.4) is 0 Å². The third kappa shape index (κ3) is 11.9. The summed E-state index contributed by atoms with van der Waals surface area (Å²) in [7, 11) is 1.70. The monoisotopic (exact) mass is 574 g/mol. The molecule has 0 amide bonds. The molecule has 1 aliphatic rings. The third-order valence-electron chi connectivity index (χ3n) is 6.69. The molecule has 2 aromatic rings. The highest BCUT2D eigenvalue weighted by atomic mass is 19.1. The zero-order chi connectivity index (χ0) is 31.2. The van der Waals surface area contributed by atoms with Crippen molar-refractivity contribution in [3.8, 4) is 0 Å². The van der Waals surface area contributed by atoms with Crippen molar-refractivity contribution in [3.63, 3.8) is 0 Å². The normalized spacial score (nSPS) is 17.0. The van der Waals surface area contributed by atoms with Crippen LogP contribution in [0.5, 0.6) is 0 Å². The quantitative estimate of drug-likeness (QED) is 0.278. The van der Waals surface area contributed by atoms with Gasteiger partial charge in [0, 0.05) is 32.8 Å². The molecule has 0 radical (unpaired) electrons. The van der Waals surface area contributed by atoms with Crippen LogP contribution in [0.25, 0.3) is 5.70 Å². The van der Waals surface area contributed by atoms with Crippen molar-refractivity contribution in [2.24, 2.45) is 11.6 Å². The molecule has 1 atom stereocenters. The fourth-order valence-corrected chi connectivity index (χ4v) is 4.43. The number of hydrogen-bond acceptors (Lipinski definition) is 7. The van der Waals surface area contributed by atoms with Crippen LogP contribution >= 0.6 is 0 Å². The Morgan fingerprint density at radius 1 is 1.15 bits per heavy atom. The summed E-state index contributed by atoms with van der Waals surface area (Å²) in [6.45, 7) is 12.7. The number of aromatic nitrogens is 2. The lowest BCUT2D eigenvalue weighted by Crippen LogP contribution is -2.44. The van der Waals surface area contributed by atoms with Crippen LogP contribution in [0, 0.1) is 0 Å². The first-order valence-electron chi connectivity index (χ1n) is 14.6. The molecule has 41 heavy (non-hydrogen) atoms. The first-order chi connectivity index (χ1) is 19.3. The van der Waals surface area contributed by atoms with Gasteiger partial charge in [-0.25, -0.2) is 15.2 Å². The number of halogens is 1. The maximum atomic E-state index is 14.6. The summed E-state index contributed by atoms with van der Waals surface area (Å²) in [5.41, 5.74) is 9.75. The SMILES string of the molecule is CC(=O)O.CCCC.CCCc1ccc(=O)n(C/C(=C(/N)c2ccc(N3CCCC(C)(F)C3)c(CC)n2)N(C)N)c1. The Kier molecular flexibility index (Phi) is 15.1. The van der Waals surface area contributed by atoms with Crippen LogP contribution < -0.4 is 22.0 Å². The molecule has 0 spiro atoms. The van der Waals surface area contributed by atoms with Crippen LogP contribution in [0.15, 0.2) is 41.0 Å². The first kappa shape index (κ1) is 35.6.